The monoisotopic (exact) mass is 173 g/mol. The van der Waals surface area contributed by atoms with Crippen molar-refractivity contribution in [1.82, 2.24) is 9.97 Å². The van der Waals surface area contributed by atoms with Gasteiger partial charge in [0.2, 0.25) is 0 Å². The highest BCUT2D eigenvalue weighted by Crippen LogP contribution is 2.08. The zero-order chi connectivity index (χ0) is 8.97. The number of anilines is 1. The van der Waals surface area contributed by atoms with Gasteiger partial charge in [-0.25, -0.2) is 18.7 Å². The van der Waals surface area contributed by atoms with E-state index in [1.807, 2.05) is 0 Å². The largest absolute Gasteiger partial charge is 0.374 e. The summed E-state index contributed by atoms with van der Waals surface area (Å²) in [4.78, 5) is 7.36. The molecule has 1 aromatic rings. The second kappa shape index (κ2) is 3.94. The highest BCUT2D eigenvalue weighted by Gasteiger charge is 2.13. The first-order chi connectivity index (χ1) is 5.70. The van der Waals surface area contributed by atoms with Crippen LogP contribution in [0.4, 0.5) is 14.5 Å². The number of alkyl halides is 2. The summed E-state index contributed by atoms with van der Waals surface area (Å²) in [5, 5.41) is 2.57. The van der Waals surface area contributed by atoms with Gasteiger partial charge in [-0.3, -0.25) is 0 Å². The lowest BCUT2D eigenvalue weighted by Gasteiger charge is -2.12. The molecule has 0 saturated carbocycles. The van der Waals surface area contributed by atoms with Crippen LogP contribution in [0, 0.1) is 0 Å². The molecule has 0 aliphatic carbocycles. The quantitative estimate of drug-likeness (QED) is 0.753. The minimum Gasteiger partial charge on any atom is -0.374 e. The molecule has 0 saturated heterocycles. The number of aromatic nitrogens is 2. The molecule has 1 unspecified atom stereocenters. The van der Waals surface area contributed by atoms with E-state index in [1.54, 1.807) is 0 Å². The third kappa shape index (κ3) is 2.41. The number of rotatable bonds is 3. The van der Waals surface area contributed by atoms with Gasteiger partial charge in [0.15, 0.2) is 0 Å². The first-order valence-corrected chi connectivity index (χ1v) is 3.50. The van der Waals surface area contributed by atoms with Gasteiger partial charge in [0.05, 0.1) is 24.1 Å². The molecule has 1 aromatic heterocycles. The summed E-state index contributed by atoms with van der Waals surface area (Å²) in [6, 6.07) is -0.879. The Morgan fingerprint density at radius 2 is 1.92 bits per heavy atom. The van der Waals surface area contributed by atoms with Crippen molar-refractivity contribution in [3.63, 3.8) is 0 Å². The number of hydrogen-bond acceptors (Lipinski definition) is 3. The van der Waals surface area contributed by atoms with Gasteiger partial charge < -0.3 is 5.32 Å². The molecule has 0 aromatic carbocycles. The molecule has 5 heteroatoms. The van der Waals surface area contributed by atoms with Crippen molar-refractivity contribution in [3.8, 4) is 0 Å². The molecule has 0 aliphatic heterocycles. The average molecular weight is 173 g/mol. The lowest BCUT2D eigenvalue weighted by molar-refractivity contribution is 0.130. The molecule has 0 bridgehead atoms. The Kier molecular flexibility index (Phi) is 2.90. The SMILES string of the molecule is CC(Nc1cncnc1)C(F)F. The predicted molar refractivity (Wildman–Crippen MR) is 41.1 cm³/mol. The maximum Gasteiger partial charge on any atom is 0.258 e. The van der Waals surface area contributed by atoms with Gasteiger partial charge in [-0.2, -0.15) is 0 Å². The van der Waals surface area contributed by atoms with Crippen LogP contribution in [0.5, 0.6) is 0 Å². The van der Waals surface area contributed by atoms with E-state index in [0.717, 1.165) is 0 Å². The van der Waals surface area contributed by atoms with Crippen molar-refractivity contribution in [2.75, 3.05) is 5.32 Å². The van der Waals surface area contributed by atoms with E-state index in [0.29, 0.717) is 5.69 Å². The second-order valence-corrected chi connectivity index (χ2v) is 2.39. The third-order valence-electron chi connectivity index (χ3n) is 1.33. The van der Waals surface area contributed by atoms with Gasteiger partial charge in [-0.05, 0) is 6.92 Å². The van der Waals surface area contributed by atoms with Gasteiger partial charge in [-0.15, -0.1) is 0 Å². The van der Waals surface area contributed by atoms with E-state index in [2.05, 4.69) is 15.3 Å². The van der Waals surface area contributed by atoms with Gasteiger partial charge >= 0.3 is 0 Å². The molecular formula is C7H9F2N3. The van der Waals surface area contributed by atoms with Crippen LogP contribution in [-0.4, -0.2) is 22.4 Å². The minimum atomic E-state index is -2.38. The number of nitrogens with one attached hydrogen (secondary N) is 1. The zero-order valence-corrected chi connectivity index (χ0v) is 6.54. The van der Waals surface area contributed by atoms with Crippen LogP contribution in [0.15, 0.2) is 18.7 Å². The molecule has 3 nitrogen and oxygen atoms in total. The molecule has 0 radical (unpaired) electrons. The minimum absolute atomic E-state index is 0.505. The van der Waals surface area contributed by atoms with Crippen molar-refractivity contribution in [2.24, 2.45) is 0 Å². The van der Waals surface area contributed by atoms with Gasteiger partial charge in [0.25, 0.3) is 6.43 Å². The topological polar surface area (TPSA) is 37.8 Å². The fourth-order valence-electron chi connectivity index (χ4n) is 0.700. The molecule has 0 fully saturated rings. The Labute approximate surface area is 68.8 Å². The highest BCUT2D eigenvalue weighted by molar-refractivity contribution is 5.38. The molecule has 12 heavy (non-hydrogen) atoms. The van der Waals surface area contributed by atoms with Crippen molar-refractivity contribution in [2.45, 2.75) is 19.4 Å². The van der Waals surface area contributed by atoms with Crippen LogP contribution < -0.4 is 5.32 Å². The zero-order valence-electron chi connectivity index (χ0n) is 6.54. The van der Waals surface area contributed by atoms with E-state index >= 15 is 0 Å². The van der Waals surface area contributed by atoms with Crippen LogP contribution >= 0.6 is 0 Å². The summed E-state index contributed by atoms with van der Waals surface area (Å²) < 4.78 is 24.0. The number of hydrogen-bond donors (Lipinski definition) is 1. The third-order valence-corrected chi connectivity index (χ3v) is 1.33. The molecule has 0 aliphatic rings. The normalized spacial score (nSPS) is 13.0. The molecule has 0 spiro atoms. The summed E-state index contributed by atoms with van der Waals surface area (Å²) >= 11 is 0. The van der Waals surface area contributed by atoms with Gasteiger partial charge in [0, 0.05) is 0 Å². The summed E-state index contributed by atoms with van der Waals surface area (Å²) in [5.41, 5.74) is 0.505. The Morgan fingerprint density at radius 3 is 2.42 bits per heavy atom. The van der Waals surface area contributed by atoms with E-state index in [4.69, 9.17) is 0 Å². The first-order valence-electron chi connectivity index (χ1n) is 3.50. The Hall–Kier alpha value is -1.26. The molecule has 66 valence electrons. The van der Waals surface area contributed by atoms with Gasteiger partial charge in [-0.1, -0.05) is 0 Å². The van der Waals surface area contributed by atoms with Crippen LogP contribution in [0.1, 0.15) is 6.92 Å². The van der Waals surface area contributed by atoms with E-state index in [9.17, 15) is 8.78 Å². The maximum absolute atomic E-state index is 12.0. The Bertz CT molecular complexity index is 227. The Balaban J connectivity index is 2.53. The maximum atomic E-state index is 12.0. The van der Waals surface area contributed by atoms with Crippen LogP contribution in [0.25, 0.3) is 0 Å². The molecular weight excluding hydrogens is 164 g/mol. The Morgan fingerprint density at radius 1 is 1.33 bits per heavy atom. The fraction of sp³-hybridized carbons (Fsp3) is 0.429. The molecule has 1 heterocycles. The molecule has 1 N–H and O–H groups in total. The van der Waals surface area contributed by atoms with E-state index in [1.165, 1.54) is 25.6 Å². The average Bonchev–Trinajstić information content (AvgIpc) is 2.06. The summed E-state index contributed by atoms with van der Waals surface area (Å²) in [7, 11) is 0. The summed E-state index contributed by atoms with van der Waals surface area (Å²) in [5.74, 6) is 0. The first kappa shape index (κ1) is 8.83. The molecule has 0 amide bonds. The van der Waals surface area contributed by atoms with Crippen molar-refractivity contribution in [1.29, 1.82) is 0 Å². The lowest BCUT2D eigenvalue weighted by Crippen LogP contribution is -2.23. The van der Waals surface area contributed by atoms with Crippen LogP contribution in [0.2, 0.25) is 0 Å². The summed E-state index contributed by atoms with van der Waals surface area (Å²) in [6.45, 7) is 1.40. The fourth-order valence-corrected chi connectivity index (χ4v) is 0.700. The lowest BCUT2D eigenvalue weighted by atomic mass is 10.3. The van der Waals surface area contributed by atoms with Crippen molar-refractivity contribution >= 4 is 5.69 Å². The number of halogens is 2. The molecule has 1 rings (SSSR count). The smallest absolute Gasteiger partial charge is 0.258 e. The van der Waals surface area contributed by atoms with E-state index < -0.39 is 12.5 Å². The molecule has 1 atom stereocenters. The van der Waals surface area contributed by atoms with E-state index in [-0.39, 0.29) is 0 Å². The van der Waals surface area contributed by atoms with Crippen molar-refractivity contribution in [3.05, 3.63) is 18.7 Å². The number of nitrogens with zero attached hydrogens (tertiary/aromatic N) is 2. The standard InChI is InChI=1S/C7H9F2N3/c1-5(7(8)9)12-6-2-10-4-11-3-6/h2-5,7,12H,1H3. The van der Waals surface area contributed by atoms with Crippen LogP contribution in [-0.2, 0) is 0 Å². The van der Waals surface area contributed by atoms with Crippen molar-refractivity contribution < 1.29 is 8.78 Å². The second-order valence-electron chi connectivity index (χ2n) is 2.39. The predicted octanol–water partition coefficient (Wildman–Crippen LogP) is 1.54. The van der Waals surface area contributed by atoms with Crippen LogP contribution in [0.3, 0.4) is 0 Å². The summed E-state index contributed by atoms with van der Waals surface area (Å²) in [6.07, 6.45) is 1.86. The van der Waals surface area contributed by atoms with Gasteiger partial charge in [0.1, 0.15) is 6.33 Å². The highest BCUT2D eigenvalue weighted by atomic mass is 19.3.